The summed E-state index contributed by atoms with van der Waals surface area (Å²) in [7, 11) is 0. The first-order chi connectivity index (χ1) is 20.3. The quantitative estimate of drug-likeness (QED) is 0.222. The zero-order valence-electron chi connectivity index (χ0n) is 22.0. The van der Waals surface area contributed by atoms with Crippen molar-refractivity contribution in [1.82, 2.24) is 15.0 Å². The van der Waals surface area contributed by atoms with E-state index in [1.807, 2.05) is 47.7 Å². The molecule has 0 spiro atoms. The molecular formula is C37H23N3S. The minimum Gasteiger partial charge on any atom is -0.208 e. The molecule has 0 atom stereocenters. The molecule has 2 aromatic heterocycles. The standard InChI is InChI=1S/C37H23N3S/c1-3-12-25(13-4-1)35-38-36(26-14-5-2-6-15-26)40-37(39-35)31-22-29(28-20-19-24-11-7-8-16-27(24)21-28)23-33-34(31)30-17-9-10-18-32(30)41-33/h1-23H. The Labute approximate surface area is 241 Å². The lowest BCUT2D eigenvalue weighted by Crippen LogP contribution is -2.00. The highest BCUT2D eigenvalue weighted by Gasteiger charge is 2.18. The van der Waals surface area contributed by atoms with Gasteiger partial charge in [0.25, 0.3) is 0 Å². The summed E-state index contributed by atoms with van der Waals surface area (Å²) in [5, 5.41) is 4.85. The molecule has 8 aromatic rings. The monoisotopic (exact) mass is 541 g/mol. The van der Waals surface area contributed by atoms with Gasteiger partial charge in [-0.25, -0.2) is 15.0 Å². The first kappa shape index (κ1) is 23.7. The molecule has 0 N–H and O–H groups in total. The summed E-state index contributed by atoms with van der Waals surface area (Å²) in [6, 6.07) is 48.6. The first-order valence-electron chi connectivity index (χ1n) is 13.6. The summed E-state index contributed by atoms with van der Waals surface area (Å²) in [6.45, 7) is 0. The third kappa shape index (κ3) is 4.26. The number of rotatable bonds is 4. The summed E-state index contributed by atoms with van der Waals surface area (Å²) in [5.41, 5.74) is 5.26. The van der Waals surface area contributed by atoms with Crippen LogP contribution >= 0.6 is 11.3 Å². The zero-order valence-corrected chi connectivity index (χ0v) is 22.8. The van der Waals surface area contributed by atoms with Crippen molar-refractivity contribution in [3.8, 4) is 45.3 Å². The highest BCUT2D eigenvalue weighted by atomic mass is 32.1. The van der Waals surface area contributed by atoms with Crippen molar-refractivity contribution in [1.29, 1.82) is 0 Å². The van der Waals surface area contributed by atoms with E-state index in [4.69, 9.17) is 15.0 Å². The van der Waals surface area contributed by atoms with Crippen LogP contribution in [0.3, 0.4) is 0 Å². The van der Waals surface area contributed by atoms with Crippen LogP contribution in [0.25, 0.3) is 76.2 Å². The maximum atomic E-state index is 5.10. The zero-order chi connectivity index (χ0) is 27.2. The van der Waals surface area contributed by atoms with Gasteiger partial charge in [0.2, 0.25) is 0 Å². The molecule has 0 bridgehead atoms. The topological polar surface area (TPSA) is 38.7 Å². The lowest BCUT2D eigenvalue weighted by molar-refractivity contribution is 1.08. The Bertz CT molecular complexity index is 2140. The van der Waals surface area contributed by atoms with Gasteiger partial charge in [0.1, 0.15) is 0 Å². The first-order valence-corrected chi connectivity index (χ1v) is 14.4. The molecule has 4 heteroatoms. The number of benzene rings is 6. The van der Waals surface area contributed by atoms with Crippen LogP contribution in [-0.2, 0) is 0 Å². The van der Waals surface area contributed by atoms with Crippen LogP contribution in [0.2, 0.25) is 0 Å². The van der Waals surface area contributed by atoms with E-state index in [0.717, 1.165) is 22.3 Å². The SMILES string of the molecule is c1ccc(-c2nc(-c3ccccc3)nc(-c3cc(-c4ccc5ccccc5c4)cc4sc5ccccc5c34)n2)cc1. The Kier molecular flexibility index (Phi) is 5.64. The second-order valence-corrected chi connectivity index (χ2v) is 11.2. The maximum absolute atomic E-state index is 5.10. The minimum atomic E-state index is 0.665. The van der Waals surface area contributed by atoms with E-state index in [9.17, 15) is 0 Å². The van der Waals surface area contributed by atoms with E-state index in [1.54, 1.807) is 0 Å². The van der Waals surface area contributed by atoms with Crippen LogP contribution in [0.1, 0.15) is 0 Å². The van der Waals surface area contributed by atoms with Gasteiger partial charge in [-0.3, -0.25) is 0 Å². The van der Waals surface area contributed by atoms with Crippen LogP contribution in [0, 0.1) is 0 Å². The molecule has 0 aliphatic carbocycles. The number of fused-ring (bicyclic) bond motifs is 4. The number of nitrogens with zero attached hydrogens (tertiary/aromatic N) is 3. The summed E-state index contributed by atoms with van der Waals surface area (Å²) in [4.78, 5) is 15.1. The lowest BCUT2D eigenvalue weighted by atomic mass is 9.96. The third-order valence-corrected chi connectivity index (χ3v) is 8.62. The smallest absolute Gasteiger partial charge is 0.164 e. The molecule has 0 unspecified atom stereocenters. The van der Waals surface area contributed by atoms with Gasteiger partial charge < -0.3 is 0 Å². The number of thiophene rings is 1. The third-order valence-electron chi connectivity index (χ3n) is 7.50. The van der Waals surface area contributed by atoms with Crippen molar-refractivity contribution in [2.24, 2.45) is 0 Å². The largest absolute Gasteiger partial charge is 0.208 e. The molecular weight excluding hydrogens is 518 g/mol. The van der Waals surface area contributed by atoms with Crippen molar-refractivity contribution in [3.05, 3.63) is 140 Å². The van der Waals surface area contributed by atoms with Crippen LogP contribution < -0.4 is 0 Å². The minimum absolute atomic E-state index is 0.665. The molecule has 0 saturated heterocycles. The van der Waals surface area contributed by atoms with Crippen molar-refractivity contribution < 1.29 is 0 Å². The number of hydrogen-bond acceptors (Lipinski definition) is 4. The normalized spacial score (nSPS) is 11.4. The average Bonchev–Trinajstić information content (AvgIpc) is 3.43. The molecule has 41 heavy (non-hydrogen) atoms. The van der Waals surface area contributed by atoms with E-state index in [2.05, 4.69) is 103 Å². The van der Waals surface area contributed by atoms with E-state index in [-0.39, 0.29) is 0 Å². The number of aromatic nitrogens is 3. The van der Waals surface area contributed by atoms with Gasteiger partial charge >= 0.3 is 0 Å². The summed E-state index contributed by atoms with van der Waals surface area (Å²) < 4.78 is 2.47. The van der Waals surface area contributed by atoms with E-state index < -0.39 is 0 Å². The molecule has 0 fully saturated rings. The van der Waals surface area contributed by atoms with E-state index in [1.165, 1.54) is 36.5 Å². The number of hydrogen-bond donors (Lipinski definition) is 0. The second kappa shape index (κ2) is 9.77. The molecule has 0 radical (unpaired) electrons. The summed E-state index contributed by atoms with van der Waals surface area (Å²) in [6.07, 6.45) is 0. The fraction of sp³-hybridized carbons (Fsp3) is 0. The predicted octanol–water partition coefficient (Wildman–Crippen LogP) is 10.1. The van der Waals surface area contributed by atoms with Crippen molar-refractivity contribution in [2.45, 2.75) is 0 Å². The fourth-order valence-electron chi connectivity index (χ4n) is 5.50. The molecule has 2 heterocycles. The van der Waals surface area contributed by atoms with Crippen LogP contribution in [0.4, 0.5) is 0 Å². The predicted molar refractivity (Wildman–Crippen MR) is 172 cm³/mol. The fourth-order valence-corrected chi connectivity index (χ4v) is 6.67. The van der Waals surface area contributed by atoms with Gasteiger partial charge in [0, 0.05) is 36.9 Å². The lowest BCUT2D eigenvalue weighted by Gasteiger charge is -2.12. The molecule has 8 rings (SSSR count). The Morgan fingerprint density at radius 1 is 0.390 bits per heavy atom. The molecule has 0 aliphatic rings. The molecule has 192 valence electrons. The Balaban J connectivity index is 1.43. The van der Waals surface area contributed by atoms with Crippen LogP contribution in [0.5, 0.6) is 0 Å². The highest BCUT2D eigenvalue weighted by molar-refractivity contribution is 7.26. The van der Waals surface area contributed by atoms with Gasteiger partial charge in [-0.05, 0) is 46.2 Å². The average molecular weight is 542 g/mol. The van der Waals surface area contributed by atoms with Gasteiger partial charge in [-0.1, -0.05) is 115 Å². The highest BCUT2D eigenvalue weighted by Crippen LogP contribution is 2.42. The Morgan fingerprint density at radius 2 is 1.00 bits per heavy atom. The Hall–Kier alpha value is -5.19. The van der Waals surface area contributed by atoms with Crippen LogP contribution in [-0.4, -0.2) is 15.0 Å². The Morgan fingerprint density at radius 3 is 1.73 bits per heavy atom. The molecule has 0 saturated carbocycles. The van der Waals surface area contributed by atoms with E-state index in [0.29, 0.717) is 17.5 Å². The van der Waals surface area contributed by atoms with Crippen molar-refractivity contribution in [2.75, 3.05) is 0 Å². The van der Waals surface area contributed by atoms with Crippen molar-refractivity contribution in [3.63, 3.8) is 0 Å². The second-order valence-electron chi connectivity index (χ2n) is 10.1. The maximum Gasteiger partial charge on any atom is 0.164 e. The van der Waals surface area contributed by atoms with Gasteiger partial charge in [-0.15, -0.1) is 11.3 Å². The summed E-state index contributed by atoms with van der Waals surface area (Å²) in [5.74, 6) is 2.00. The van der Waals surface area contributed by atoms with Crippen molar-refractivity contribution >= 4 is 42.3 Å². The van der Waals surface area contributed by atoms with Gasteiger partial charge in [-0.2, -0.15) is 0 Å². The molecule has 0 aliphatic heterocycles. The molecule has 6 aromatic carbocycles. The van der Waals surface area contributed by atoms with Crippen LogP contribution in [0.15, 0.2) is 140 Å². The van der Waals surface area contributed by atoms with Gasteiger partial charge in [0.05, 0.1) is 0 Å². The van der Waals surface area contributed by atoms with Gasteiger partial charge in [0.15, 0.2) is 17.5 Å². The summed E-state index contributed by atoms with van der Waals surface area (Å²) >= 11 is 1.81. The van der Waals surface area contributed by atoms with E-state index >= 15 is 0 Å². The molecule has 0 amide bonds. The molecule has 3 nitrogen and oxygen atoms in total.